The van der Waals surface area contributed by atoms with Crippen LogP contribution in [-0.2, 0) is 11.3 Å². The van der Waals surface area contributed by atoms with Crippen LogP contribution in [0, 0.1) is 0 Å². The van der Waals surface area contributed by atoms with E-state index in [9.17, 15) is 9.18 Å². The Morgan fingerprint density at radius 3 is 2.59 bits per heavy atom. The molecule has 4 nitrogen and oxygen atoms in total. The fraction of sp³-hybridized carbons (Fsp3) is 0.381. The van der Waals surface area contributed by atoms with Crippen LogP contribution in [0.25, 0.3) is 22.7 Å². The molecule has 27 heavy (non-hydrogen) atoms. The minimum Gasteiger partial charge on any atom is -0.497 e. The van der Waals surface area contributed by atoms with E-state index in [0.29, 0.717) is 47.3 Å². The third kappa shape index (κ3) is 3.95. The normalized spacial score (nSPS) is 13.5. The van der Waals surface area contributed by atoms with Crippen LogP contribution >= 0.6 is 15.9 Å². The van der Waals surface area contributed by atoms with Crippen LogP contribution < -0.4 is 20.7 Å². The van der Waals surface area contributed by atoms with E-state index in [4.69, 9.17) is 9.47 Å². The molecule has 0 unspecified atom stereocenters. The maximum absolute atomic E-state index is 14.8. The highest BCUT2D eigenvalue weighted by molar-refractivity contribution is 9.09. The summed E-state index contributed by atoms with van der Waals surface area (Å²) in [6, 6.07) is 7.23. The van der Waals surface area contributed by atoms with E-state index in [-0.39, 0.29) is 22.9 Å². The quantitative estimate of drug-likeness (QED) is 0.626. The third-order valence-corrected chi connectivity index (χ3v) is 4.95. The Hall–Kier alpha value is -2.08. The Morgan fingerprint density at radius 1 is 1.22 bits per heavy atom. The zero-order chi connectivity index (χ0) is 19.4. The van der Waals surface area contributed by atoms with E-state index in [2.05, 4.69) is 15.9 Å². The minimum absolute atomic E-state index is 0.140. The molecule has 0 aliphatic heterocycles. The highest BCUT2D eigenvalue weighted by Crippen LogP contribution is 2.21. The van der Waals surface area contributed by atoms with Gasteiger partial charge in [-0.05, 0) is 24.1 Å². The number of hydrogen-bond acceptors (Lipinski definition) is 3. The maximum atomic E-state index is 14.8. The number of aryl methyl sites for hydroxylation is 1. The van der Waals surface area contributed by atoms with E-state index >= 15 is 0 Å². The number of halogens is 2. The van der Waals surface area contributed by atoms with Gasteiger partial charge in [0.2, 0.25) is 0 Å². The van der Waals surface area contributed by atoms with Gasteiger partial charge in [0.1, 0.15) is 17.3 Å². The predicted octanol–water partition coefficient (Wildman–Crippen LogP) is 3.33. The van der Waals surface area contributed by atoms with E-state index < -0.39 is 0 Å². The van der Waals surface area contributed by atoms with Gasteiger partial charge in [0.15, 0.2) is 5.43 Å². The van der Waals surface area contributed by atoms with Crippen molar-refractivity contribution in [3.8, 4) is 16.9 Å². The van der Waals surface area contributed by atoms with Crippen molar-refractivity contribution in [1.82, 2.24) is 4.57 Å². The van der Waals surface area contributed by atoms with Gasteiger partial charge in [-0.2, -0.15) is 0 Å². The maximum Gasteiger partial charge on any atom is 0.199 e. The molecule has 1 heterocycles. The number of alkyl halides is 1. The van der Waals surface area contributed by atoms with Crippen LogP contribution in [0.3, 0.4) is 0 Å². The number of hydrogen-bond donors (Lipinski definition) is 0. The molecule has 0 bridgehead atoms. The first kappa shape index (κ1) is 19.7. The van der Waals surface area contributed by atoms with Crippen LogP contribution in [0.1, 0.15) is 26.2 Å². The summed E-state index contributed by atoms with van der Waals surface area (Å²) in [5.74, 6) is 1.05. The van der Waals surface area contributed by atoms with Crippen molar-refractivity contribution >= 4 is 27.5 Å². The van der Waals surface area contributed by atoms with Crippen LogP contribution in [0.5, 0.6) is 5.75 Å². The van der Waals surface area contributed by atoms with Crippen LogP contribution in [0.2, 0.25) is 0 Å². The monoisotopic (exact) mass is 435 g/mol. The van der Waals surface area contributed by atoms with Crippen molar-refractivity contribution in [2.75, 3.05) is 19.0 Å². The lowest BCUT2D eigenvalue weighted by Gasteiger charge is -2.18. The summed E-state index contributed by atoms with van der Waals surface area (Å²) in [4.78, 5) is 13.2. The van der Waals surface area contributed by atoms with E-state index in [0.717, 1.165) is 12.0 Å². The first-order valence-corrected chi connectivity index (χ1v) is 10.2. The second-order valence-corrected chi connectivity index (χ2v) is 7.18. The van der Waals surface area contributed by atoms with E-state index in [1.165, 1.54) is 0 Å². The summed E-state index contributed by atoms with van der Waals surface area (Å²) in [7, 11) is 1.59. The lowest BCUT2D eigenvalue weighted by atomic mass is 10.0. The molecule has 0 amide bonds. The average Bonchev–Trinajstić information content (AvgIpc) is 2.69. The molecule has 0 atom stereocenters. The first-order chi connectivity index (χ1) is 13.1. The van der Waals surface area contributed by atoms with Gasteiger partial charge < -0.3 is 14.0 Å². The van der Waals surface area contributed by atoms with Gasteiger partial charge in [-0.15, -0.1) is 0 Å². The van der Waals surface area contributed by atoms with Gasteiger partial charge in [0, 0.05) is 36.5 Å². The number of pyridine rings is 1. The zero-order valence-corrected chi connectivity index (χ0v) is 17.1. The molecule has 0 radical (unpaired) electrons. The summed E-state index contributed by atoms with van der Waals surface area (Å²) in [5.41, 5.74) is 0.918. The molecular weight excluding hydrogens is 413 g/mol. The van der Waals surface area contributed by atoms with Crippen molar-refractivity contribution in [3.63, 3.8) is 0 Å². The second kappa shape index (κ2) is 8.74. The lowest BCUT2D eigenvalue weighted by molar-refractivity contribution is 0.258. The molecule has 0 N–H and O–H groups in total. The summed E-state index contributed by atoms with van der Waals surface area (Å²) < 4.78 is 27.7. The number of fused-ring (bicyclic) bond motifs is 1. The number of benzene rings is 1. The Kier molecular flexibility index (Phi) is 6.37. The van der Waals surface area contributed by atoms with Crippen molar-refractivity contribution in [2.24, 2.45) is 0 Å². The Bertz CT molecular complexity index is 996. The number of ether oxygens (including phenoxy) is 2. The Morgan fingerprint density at radius 2 is 1.96 bits per heavy atom. The van der Waals surface area contributed by atoms with Gasteiger partial charge in [0.05, 0.1) is 24.3 Å². The predicted molar refractivity (Wildman–Crippen MR) is 109 cm³/mol. The number of rotatable bonds is 7. The summed E-state index contributed by atoms with van der Waals surface area (Å²) in [6.07, 6.45) is 3.33. The standard InChI is InChI=1S/C21H23BrFNO3/c1-3-12-27-18-9-8-17(23)19-20(18)24(11-10-22)13-16(21(19)25)14-4-6-15(26-2)7-5-14/h4-7,13H,3,8-12H2,1-2H3. The fourth-order valence-corrected chi connectivity index (χ4v) is 3.67. The Labute approximate surface area is 166 Å². The molecule has 0 saturated heterocycles. The molecule has 6 heteroatoms. The number of aromatic nitrogens is 1. The van der Waals surface area contributed by atoms with Crippen LogP contribution in [-0.4, -0.2) is 23.6 Å². The van der Waals surface area contributed by atoms with Crippen molar-refractivity contribution in [1.29, 1.82) is 0 Å². The molecule has 1 aromatic heterocycles. The van der Waals surface area contributed by atoms with Gasteiger partial charge >= 0.3 is 0 Å². The van der Waals surface area contributed by atoms with Crippen LogP contribution in [0.4, 0.5) is 4.39 Å². The molecule has 3 rings (SSSR count). The lowest BCUT2D eigenvalue weighted by Crippen LogP contribution is -2.50. The summed E-state index contributed by atoms with van der Waals surface area (Å²) in [6.45, 7) is 3.19. The smallest absolute Gasteiger partial charge is 0.199 e. The second-order valence-electron chi connectivity index (χ2n) is 6.38. The largest absolute Gasteiger partial charge is 0.497 e. The number of nitrogens with zero attached hydrogens (tertiary/aromatic N) is 1. The molecule has 1 aliphatic rings. The SMILES string of the molecule is CCCOC1=c2c(c(=O)c(-c3ccc(OC)cc3)cn2CCBr)=C(F)CC1. The van der Waals surface area contributed by atoms with E-state index in [1.807, 2.05) is 23.6 Å². The van der Waals surface area contributed by atoms with Crippen molar-refractivity contribution in [3.05, 3.63) is 51.3 Å². The first-order valence-electron chi connectivity index (χ1n) is 9.09. The molecule has 1 aliphatic carbocycles. The molecule has 0 saturated carbocycles. The van der Waals surface area contributed by atoms with Gasteiger partial charge in [0.25, 0.3) is 0 Å². The fourth-order valence-electron chi connectivity index (χ4n) is 3.29. The molecule has 2 aromatic rings. The van der Waals surface area contributed by atoms with Crippen molar-refractivity contribution < 1.29 is 13.9 Å². The van der Waals surface area contributed by atoms with Gasteiger partial charge in [-0.3, -0.25) is 4.79 Å². The highest BCUT2D eigenvalue weighted by Gasteiger charge is 2.19. The molecule has 0 spiro atoms. The Balaban J connectivity index is 2.31. The minimum atomic E-state index is -0.363. The topological polar surface area (TPSA) is 40.5 Å². The molecule has 1 aromatic carbocycles. The van der Waals surface area contributed by atoms with Gasteiger partial charge in [-0.25, -0.2) is 4.39 Å². The summed E-state index contributed by atoms with van der Waals surface area (Å²) >= 11 is 3.45. The average molecular weight is 436 g/mol. The van der Waals surface area contributed by atoms with Crippen LogP contribution in [0.15, 0.2) is 35.3 Å². The van der Waals surface area contributed by atoms with Gasteiger partial charge in [-0.1, -0.05) is 35.0 Å². The third-order valence-electron chi connectivity index (χ3n) is 4.59. The zero-order valence-electron chi connectivity index (χ0n) is 15.6. The molecule has 0 fully saturated rings. The molecule has 144 valence electrons. The van der Waals surface area contributed by atoms with E-state index in [1.54, 1.807) is 25.4 Å². The summed E-state index contributed by atoms with van der Waals surface area (Å²) in [5, 5.41) is 1.41. The highest BCUT2D eigenvalue weighted by atomic mass is 79.9. The number of methoxy groups -OCH3 is 1. The van der Waals surface area contributed by atoms with Crippen molar-refractivity contribution in [2.45, 2.75) is 32.7 Å². The molecular formula is C21H23BrFNO3.